The minimum Gasteiger partial charge on any atom is -0.365 e. The topological polar surface area (TPSA) is 73.3 Å². The van der Waals surface area contributed by atoms with Gasteiger partial charge >= 0.3 is 0 Å². The average molecular weight is 340 g/mol. The summed E-state index contributed by atoms with van der Waals surface area (Å²) < 4.78 is 1.84. The predicted octanol–water partition coefficient (Wildman–Crippen LogP) is 3.59. The number of nitrogens with zero attached hydrogens (tertiary/aromatic N) is 3. The molecule has 0 atom stereocenters. The third-order valence-electron chi connectivity index (χ3n) is 3.54. The van der Waals surface area contributed by atoms with Gasteiger partial charge in [0.1, 0.15) is 14.7 Å². The fraction of sp³-hybridized carbons (Fsp3) is 0.0625. The predicted molar refractivity (Wildman–Crippen MR) is 92.9 cm³/mol. The molecule has 0 unspecified atom stereocenters. The summed E-state index contributed by atoms with van der Waals surface area (Å²) in [6, 6.07) is 9.62. The van der Waals surface area contributed by atoms with Crippen LogP contribution in [0, 0.1) is 6.92 Å². The third-order valence-corrected chi connectivity index (χ3v) is 5.49. The summed E-state index contributed by atoms with van der Waals surface area (Å²) in [5.41, 5.74) is 8.94. The van der Waals surface area contributed by atoms with E-state index in [1.54, 1.807) is 11.3 Å². The van der Waals surface area contributed by atoms with Gasteiger partial charge in [-0.2, -0.15) is 5.10 Å². The zero-order chi connectivity index (χ0) is 16.0. The normalized spacial score (nSPS) is 11.2. The minimum atomic E-state index is -0.458. The van der Waals surface area contributed by atoms with Crippen LogP contribution >= 0.6 is 22.7 Å². The summed E-state index contributed by atoms with van der Waals surface area (Å²) in [6.07, 6.45) is 1.91. The van der Waals surface area contributed by atoms with Crippen LogP contribution in [0.1, 0.15) is 15.4 Å². The van der Waals surface area contributed by atoms with Gasteiger partial charge in [0.25, 0.3) is 5.91 Å². The Hall–Kier alpha value is -2.51. The van der Waals surface area contributed by atoms with Crippen molar-refractivity contribution >= 4 is 33.4 Å². The lowest BCUT2D eigenvalue weighted by Gasteiger charge is -1.98. The van der Waals surface area contributed by atoms with Gasteiger partial charge in [0, 0.05) is 17.1 Å². The molecule has 0 saturated carbocycles. The van der Waals surface area contributed by atoms with Crippen molar-refractivity contribution < 1.29 is 4.79 Å². The maximum absolute atomic E-state index is 11.9. The number of amides is 1. The number of carbonyl (C=O) groups excluding carboxylic acids is 1. The van der Waals surface area contributed by atoms with Crippen molar-refractivity contribution in [3.8, 4) is 21.8 Å². The molecule has 0 saturated heterocycles. The number of rotatable bonds is 3. The zero-order valence-corrected chi connectivity index (χ0v) is 13.8. The smallest absolute Gasteiger partial charge is 0.261 e. The highest BCUT2D eigenvalue weighted by Crippen LogP contribution is 2.38. The molecule has 3 heterocycles. The fourth-order valence-corrected chi connectivity index (χ4v) is 4.50. The largest absolute Gasteiger partial charge is 0.365 e. The van der Waals surface area contributed by atoms with Crippen molar-refractivity contribution in [2.45, 2.75) is 6.92 Å². The number of primary amides is 1. The molecular formula is C16H12N4OS2. The van der Waals surface area contributed by atoms with Crippen molar-refractivity contribution in [3.05, 3.63) is 52.5 Å². The molecule has 23 heavy (non-hydrogen) atoms. The molecule has 1 aromatic carbocycles. The Balaban J connectivity index is 1.96. The first-order chi connectivity index (χ1) is 11.1. The molecule has 0 aliphatic heterocycles. The number of thiazole rings is 2. The molecule has 0 bridgehead atoms. The lowest BCUT2D eigenvalue weighted by atomic mass is 10.1. The van der Waals surface area contributed by atoms with E-state index in [9.17, 15) is 4.79 Å². The second-order valence-corrected chi connectivity index (χ2v) is 6.93. The Morgan fingerprint density at radius 1 is 1.26 bits per heavy atom. The maximum atomic E-state index is 11.9. The number of carbonyl (C=O) groups is 1. The van der Waals surface area contributed by atoms with E-state index in [0.717, 1.165) is 26.7 Å². The molecule has 5 nitrogen and oxygen atoms in total. The van der Waals surface area contributed by atoms with E-state index in [2.05, 4.69) is 5.10 Å². The van der Waals surface area contributed by atoms with E-state index in [1.165, 1.54) is 11.3 Å². The molecule has 114 valence electrons. The van der Waals surface area contributed by atoms with Gasteiger partial charge in [0.05, 0.1) is 17.0 Å². The first-order valence-electron chi connectivity index (χ1n) is 6.94. The highest BCUT2D eigenvalue weighted by Gasteiger charge is 2.22. The first-order valence-corrected chi connectivity index (χ1v) is 8.63. The summed E-state index contributed by atoms with van der Waals surface area (Å²) >= 11 is 2.92. The average Bonchev–Trinajstić information content (AvgIpc) is 3.21. The van der Waals surface area contributed by atoms with Crippen molar-refractivity contribution in [1.82, 2.24) is 14.6 Å². The monoisotopic (exact) mass is 340 g/mol. The molecule has 4 rings (SSSR count). The quantitative estimate of drug-likeness (QED) is 0.619. The van der Waals surface area contributed by atoms with Crippen LogP contribution in [0.25, 0.3) is 26.7 Å². The Morgan fingerprint density at radius 2 is 2.04 bits per heavy atom. The van der Waals surface area contributed by atoms with Gasteiger partial charge in [-0.1, -0.05) is 30.3 Å². The van der Waals surface area contributed by atoms with Crippen LogP contribution in [0.2, 0.25) is 0 Å². The fourth-order valence-electron chi connectivity index (χ4n) is 2.52. The zero-order valence-electron chi connectivity index (χ0n) is 12.2. The van der Waals surface area contributed by atoms with Gasteiger partial charge in [0.2, 0.25) is 0 Å². The number of benzene rings is 1. The maximum Gasteiger partial charge on any atom is 0.261 e. The highest BCUT2D eigenvalue weighted by atomic mass is 32.1. The second kappa shape index (κ2) is 5.29. The molecular weight excluding hydrogens is 328 g/mol. The van der Waals surface area contributed by atoms with Gasteiger partial charge in [-0.15, -0.1) is 22.7 Å². The van der Waals surface area contributed by atoms with Gasteiger partial charge in [-0.05, 0) is 6.92 Å². The number of nitrogens with two attached hydrogens (primary N) is 1. The summed E-state index contributed by atoms with van der Waals surface area (Å²) in [5.74, 6) is -0.458. The van der Waals surface area contributed by atoms with Crippen LogP contribution in [0.3, 0.4) is 0 Å². The van der Waals surface area contributed by atoms with E-state index in [1.807, 2.05) is 53.3 Å². The molecule has 4 aromatic rings. The van der Waals surface area contributed by atoms with Gasteiger partial charge < -0.3 is 5.73 Å². The van der Waals surface area contributed by atoms with E-state index in [4.69, 9.17) is 10.7 Å². The van der Waals surface area contributed by atoms with Crippen LogP contribution < -0.4 is 5.73 Å². The molecule has 0 aliphatic rings. The Labute approximate surface area is 140 Å². The third kappa shape index (κ3) is 2.25. The lowest BCUT2D eigenvalue weighted by molar-refractivity contribution is 0.100. The standard InChI is InChI=1S/C16H12N4OS2/c1-9-11(16-20(19-9)7-8-22-16)15-18-12(13(23-15)14(17)21)10-5-3-2-4-6-10/h2-8H,1H3,(H2,17,21). The van der Waals surface area contributed by atoms with Gasteiger partial charge in [0.15, 0.2) is 0 Å². The molecule has 1 amide bonds. The summed E-state index contributed by atoms with van der Waals surface area (Å²) in [6.45, 7) is 1.95. The van der Waals surface area contributed by atoms with Crippen LogP contribution in [0.5, 0.6) is 0 Å². The molecule has 7 heteroatoms. The van der Waals surface area contributed by atoms with Crippen LogP contribution in [-0.2, 0) is 0 Å². The van der Waals surface area contributed by atoms with Crippen molar-refractivity contribution in [3.63, 3.8) is 0 Å². The number of hydrogen-bond acceptors (Lipinski definition) is 5. The highest BCUT2D eigenvalue weighted by molar-refractivity contribution is 7.19. The van der Waals surface area contributed by atoms with Crippen LogP contribution in [-0.4, -0.2) is 20.5 Å². The Morgan fingerprint density at radius 3 is 2.78 bits per heavy atom. The number of aryl methyl sites for hydroxylation is 1. The van der Waals surface area contributed by atoms with E-state index in [-0.39, 0.29) is 0 Å². The Kier molecular flexibility index (Phi) is 3.24. The lowest BCUT2D eigenvalue weighted by Crippen LogP contribution is -2.10. The molecule has 3 aromatic heterocycles. The second-order valence-electron chi connectivity index (χ2n) is 5.04. The number of aromatic nitrogens is 3. The molecule has 0 aliphatic carbocycles. The van der Waals surface area contributed by atoms with Crippen molar-refractivity contribution in [1.29, 1.82) is 0 Å². The van der Waals surface area contributed by atoms with E-state index >= 15 is 0 Å². The van der Waals surface area contributed by atoms with Crippen LogP contribution in [0.15, 0.2) is 41.9 Å². The summed E-state index contributed by atoms with van der Waals surface area (Å²) in [4.78, 5) is 18.1. The summed E-state index contributed by atoms with van der Waals surface area (Å²) in [7, 11) is 0. The molecule has 2 N–H and O–H groups in total. The van der Waals surface area contributed by atoms with Crippen LogP contribution in [0.4, 0.5) is 0 Å². The molecule has 0 spiro atoms. The molecule has 0 radical (unpaired) electrons. The molecule has 0 fully saturated rings. The van der Waals surface area contributed by atoms with Crippen molar-refractivity contribution in [2.75, 3.05) is 0 Å². The number of fused-ring (bicyclic) bond motifs is 1. The first kappa shape index (κ1) is 14.1. The van der Waals surface area contributed by atoms with Gasteiger partial charge in [-0.25, -0.2) is 9.50 Å². The van der Waals surface area contributed by atoms with E-state index in [0.29, 0.717) is 10.6 Å². The SMILES string of the molecule is Cc1nn2ccsc2c1-c1nc(-c2ccccc2)c(C(N)=O)s1. The summed E-state index contributed by atoms with van der Waals surface area (Å²) in [5, 5.41) is 7.23. The van der Waals surface area contributed by atoms with E-state index < -0.39 is 5.91 Å². The Bertz CT molecular complexity index is 1010. The minimum absolute atomic E-state index is 0.458. The number of hydrogen-bond donors (Lipinski definition) is 1. The van der Waals surface area contributed by atoms with Crippen molar-refractivity contribution in [2.24, 2.45) is 5.73 Å². The van der Waals surface area contributed by atoms with Gasteiger partial charge in [-0.3, -0.25) is 4.79 Å².